The van der Waals surface area contributed by atoms with E-state index in [0.29, 0.717) is 0 Å². The van der Waals surface area contributed by atoms with E-state index in [2.05, 4.69) is 0 Å². The smallest absolute Gasteiger partial charge is 0.371 e. The first-order chi connectivity index (χ1) is 4.96. The van der Waals surface area contributed by atoms with Gasteiger partial charge in [-0.05, 0) is 15.9 Å². The molecular formula is C4H3BrF6O. The molecule has 0 heterocycles. The van der Waals surface area contributed by atoms with Gasteiger partial charge >= 0.3 is 12.4 Å². The lowest BCUT2D eigenvalue weighted by Gasteiger charge is -2.24. The summed E-state index contributed by atoms with van der Waals surface area (Å²) in [7, 11) is 0. The first-order valence-corrected chi connectivity index (χ1v) is 3.30. The van der Waals surface area contributed by atoms with Crippen LogP contribution in [0.1, 0.15) is 6.42 Å². The van der Waals surface area contributed by atoms with Gasteiger partial charge in [0.2, 0.25) is 4.51 Å². The number of aliphatic hydroxyl groups is 1. The molecular weight excluding hydrogens is 258 g/mol. The van der Waals surface area contributed by atoms with Gasteiger partial charge in [-0.15, -0.1) is 0 Å². The summed E-state index contributed by atoms with van der Waals surface area (Å²) in [6.45, 7) is 0. The van der Waals surface area contributed by atoms with Gasteiger partial charge < -0.3 is 5.11 Å². The lowest BCUT2D eigenvalue weighted by Crippen LogP contribution is -2.42. The van der Waals surface area contributed by atoms with Gasteiger partial charge in [0.05, 0.1) is 6.42 Å². The third-order valence-corrected chi connectivity index (χ3v) is 1.60. The van der Waals surface area contributed by atoms with E-state index in [1.807, 2.05) is 0 Å². The molecule has 8 heteroatoms. The van der Waals surface area contributed by atoms with Gasteiger partial charge in [0.25, 0.3) is 0 Å². The summed E-state index contributed by atoms with van der Waals surface area (Å²) in [5.41, 5.74) is 0. The fraction of sp³-hybridized carbons (Fsp3) is 1.00. The zero-order valence-electron chi connectivity index (χ0n) is 5.30. The molecule has 12 heavy (non-hydrogen) atoms. The van der Waals surface area contributed by atoms with E-state index < -0.39 is 23.3 Å². The van der Waals surface area contributed by atoms with Crippen molar-refractivity contribution >= 4 is 15.9 Å². The third kappa shape index (κ3) is 3.61. The second-order valence-electron chi connectivity index (χ2n) is 2.05. The Kier molecular flexibility index (Phi) is 3.06. The maximum absolute atomic E-state index is 11.6. The Labute approximate surface area is 71.5 Å². The van der Waals surface area contributed by atoms with Gasteiger partial charge in [0.1, 0.15) is 0 Å². The van der Waals surface area contributed by atoms with Crippen LogP contribution in [0.4, 0.5) is 26.3 Å². The van der Waals surface area contributed by atoms with Gasteiger partial charge in [-0.1, -0.05) is 0 Å². The molecule has 0 rings (SSSR count). The fourth-order valence-corrected chi connectivity index (χ4v) is 0.684. The van der Waals surface area contributed by atoms with E-state index in [-0.39, 0.29) is 0 Å². The van der Waals surface area contributed by atoms with Crippen molar-refractivity contribution in [2.45, 2.75) is 23.3 Å². The molecule has 1 N–H and O–H groups in total. The zero-order valence-corrected chi connectivity index (χ0v) is 6.89. The maximum atomic E-state index is 11.6. The molecule has 1 nitrogen and oxygen atoms in total. The lowest BCUT2D eigenvalue weighted by atomic mass is 10.2. The Morgan fingerprint density at radius 2 is 1.33 bits per heavy atom. The molecule has 0 fully saturated rings. The molecule has 0 amide bonds. The monoisotopic (exact) mass is 260 g/mol. The predicted molar refractivity (Wildman–Crippen MR) is 30.6 cm³/mol. The summed E-state index contributed by atoms with van der Waals surface area (Å²) >= 11 is 1.55. The summed E-state index contributed by atoms with van der Waals surface area (Å²) in [6, 6.07) is 0. The van der Waals surface area contributed by atoms with Crippen molar-refractivity contribution < 1.29 is 31.4 Å². The number of hydrogen-bond acceptors (Lipinski definition) is 1. The van der Waals surface area contributed by atoms with E-state index in [1.54, 1.807) is 15.9 Å². The Morgan fingerprint density at radius 1 is 1.00 bits per heavy atom. The van der Waals surface area contributed by atoms with Gasteiger partial charge in [0, 0.05) is 0 Å². The van der Waals surface area contributed by atoms with Crippen LogP contribution in [0.15, 0.2) is 0 Å². The SMILES string of the molecule is OC(Br)(CC(F)(F)F)C(F)(F)F. The Morgan fingerprint density at radius 3 is 1.42 bits per heavy atom. The molecule has 0 radical (unpaired) electrons. The van der Waals surface area contributed by atoms with Crippen molar-refractivity contribution in [3.05, 3.63) is 0 Å². The summed E-state index contributed by atoms with van der Waals surface area (Å²) < 4.78 is 65.0. The molecule has 0 aliphatic carbocycles. The first kappa shape index (κ1) is 12.0. The molecule has 0 spiro atoms. The molecule has 0 aliphatic rings. The zero-order chi connectivity index (χ0) is 10.2. The standard InChI is InChI=1S/C4H3BrF6O/c5-2(12,4(9,10)11)1-3(6,7)8/h12H,1H2. The number of alkyl halides is 7. The minimum atomic E-state index is -5.34. The van der Waals surface area contributed by atoms with Crippen LogP contribution in [-0.4, -0.2) is 22.0 Å². The Hall–Kier alpha value is 0.0200. The van der Waals surface area contributed by atoms with Crippen molar-refractivity contribution in [2.24, 2.45) is 0 Å². The molecule has 1 atom stereocenters. The highest BCUT2D eigenvalue weighted by Gasteiger charge is 2.57. The van der Waals surface area contributed by atoms with Crippen molar-refractivity contribution in [3.63, 3.8) is 0 Å². The second-order valence-corrected chi connectivity index (χ2v) is 3.36. The van der Waals surface area contributed by atoms with Gasteiger partial charge in [-0.25, -0.2) is 0 Å². The molecule has 0 saturated heterocycles. The van der Waals surface area contributed by atoms with Crippen LogP contribution in [0.25, 0.3) is 0 Å². The normalized spacial score (nSPS) is 19.0. The molecule has 0 bridgehead atoms. The van der Waals surface area contributed by atoms with E-state index in [0.717, 1.165) is 0 Å². The van der Waals surface area contributed by atoms with Crippen LogP contribution in [0.3, 0.4) is 0 Å². The predicted octanol–water partition coefficient (Wildman–Crippen LogP) is 2.58. The van der Waals surface area contributed by atoms with Crippen LogP contribution in [-0.2, 0) is 0 Å². The third-order valence-electron chi connectivity index (χ3n) is 0.869. The van der Waals surface area contributed by atoms with Crippen LogP contribution in [0.2, 0.25) is 0 Å². The van der Waals surface area contributed by atoms with Gasteiger partial charge in [0.15, 0.2) is 0 Å². The van der Waals surface area contributed by atoms with Gasteiger partial charge in [-0.2, -0.15) is 26.3 Å². The van der Waals surface area contributed by atoms with Crippen molar-refractivity contribution in [3.8, 4) is 0 Å². The highest BCUT2D eigenvalue weighted by Crippen LogP contribution is 2.42. The summed E-state index contributed by atoms with van der Waals surface area (Å²) in [6.07, 6.45) is -12.8. The quantitative estimate of drug-likeness (QED) is 0.568. The Bertz CT molecular complexity index is 158. The van der Waals surface area contributed by atoms with Crippen molar-refractivity contribution in [2.75, 3.05) is 0 Å². The highest BCUT2D eigenvalue weighted by atomic mass is 79.9. The van der Waals surface area contributed by atoms with Gasteiger partial charge in [-0.3, -0.25) is 0 Å². The molecule has 0 aliphatic heterocycles. The van der Waals surface area contributed by atoms with Crippen molar-refractivity contribution in [1.82, 2.24) is 0 Å². The summed E-state index contributed by atoms with van der Waals surface area (Å²) in [4.78, 5) is 0. The fourth-order valence-electron chi connectivity index (χ4n) is 0.366. The summed E-state index contributed by atoms with van der Waals surface area (Å²) in [5.74, 6) is 0. The maximum Gasteiger partial charge on any atom is 0.427 e. The average molecular weight is 261 g/mol. The van der Waals surface area contributed by atoms with E-state index >= 15 is 0 Å². The van der Waals surface area contributed by atoms with Crippen LogP contribution in [0, 0.1) is 0 Å². The number of hydrogen-bond donors (Lipinski definition) is 1. The number of halogens is 7. The molecule has 0 aromatic carbocycles. The minimum Gasteiger partial charge on any atom is -0.371 e. The molecule has 0 aromatic heterocycles. The van der Waals surface area contributed by atoms with Crippen LogP contribution >= 0.6 is 15.9 Å². The van der Waals surface area contributed by atoms with E-state index in [4.69, 9.17) is 5.11 Å². The molecule has 74 valence electrons. The Balaban J connectivity index is 4.44. The average Bonchev–Trinajstić information content (AvgIpc) is 1.52. The molecule has 1 unspecified atom stereocenters. The summed E-state index contributed by atoms with van der Waals surface area (Å²) in [5, 5.41) is 8.26. The van der Waals surface area contributed by atoms with Crippen molar-refractivity contribution in [1.29, 1.82) is 0 Å². The lowest BCUT2D eigenvalue weighted by molar-refractivity contribution is -0.254. The van der Waals surface area contributed by atoms with E-state index in [9.17, 15) is 26.3 Å². The molecule has 0 aromatic rings. The largest absolute Gasteiger partial charge is 0.427 e. The van der Waals surface area contributed by atoms with E-state index in [1.165, 1.54) is 0 Å². The molecule has 0 saturated carbocycles. The minimum absolute atomic E-state index is 1.55. The highest BCUT2D eigenvalue weighted by molar-refractivity contribution is 9.10. The number of rotatable bonds is 1. The first-order valence-electron chi connectivity index (χ1n) is 2.50. The van der Waals surface area contributed by atoms with Crippen LogP contribution in [0.5, 0.6) is 0 Å². The second kappa shape index (κ2) is 3.06. The topological polar surface area (TPSA) is 20.2 Å². The van der Waals surface area contributed by atoms with Crippen LogP contribution < -0.4 is 0 Å².